The highest BCUT2D eigenvalue weighted by atomic mass is 35.5. The first-order valence-electron chi connectivity index (χ1n) is 5.85. The Balaban J connectivity index is 2.94. The highest BCUT2D eigenvalue weighted by Crippen LogP contribution is 2.19. The fourth-order valence-electron chi connectivity index (χ4n) is 1.66. The lowest BCUT2D eigenvalue weighted by Gasteiger charge is -2.15. The molecule has 0 radical (unpaired) electrons. The van der Waals surface area contributed by atoms with E-state index in [0.717, 1.165) is 0 Å². The number of hydrogen-bond acceptors (Lipinski definition) is 3. The molecule has 1 aromatic rings. The third-order valence-corrected chi connectivity index (χ3v) is 2.79. The van der Waals surface area contributed by atoms with E-state index < -0.39 is 30.3 Å². The van der Waals surface area contributed by atoms with Crippen molar-refractivity contribution in [1.29, 1.82) is 0 Å². The lowest BCUT2D eigenvalue weighted by Crippen LogP contribution is -2.42. The molecular formula is C12H15ClN2O5. The highest BCUT2D eigenvalue weighted by Gasteiger charge is 2.25. The quantitative estimate of drug-likeness (QED) is 0.735. The number of hydrogen-bond donors (Lipinski definition) is 3. The fraction of sp³-hybridized carbons (Fsp3) is 0.417. The van der Waals surface area contributed by atoms with Crippen LogP contribution in [0.4, 0.5) is 0 Å². The van der Waals surface area contributed by atoms with Crippen molar-refractivity contribution in [1.82, 2.24) is 9.88 Å². The number of aliphatic carboxylic acids is 2. The fourth-order valence-corrected chi connectivity index (χ4v) is 1.87. The van der Waals surface area contributed by atoms with Gasteiger partial charge in [0.05, 0.1) is 11.4 Å². The van der Waals surface area contributed by atoms with E-state index >= 15 is 0 Å². The number of halogens is 1. The van der Waals surface area contributed by atoms with Crippen LogP contribution in [0.25, 0.3) is 0 Å². The molecule has 7 nitrogen and oxygen atoms in total. The van der Waals surface area contributed by atoms with E-state index in [0.29, 0.717) is 5.02 Å². The van der Waals surface area contributed by atoms with Crippen LogP contribution in [0, 0.1) is 0 Å². The van der Waals surface area contributed by atoms with E-state index in [1.54, 1.807) is 10.8 Å². The summed E-state index contributed by atoms with van der Waals surface area (Å²) in [5.74, 6) is -3.40. The molecule has 0 aliphatic rings. The third-order valence-electron chi connectivity index (χ3n) is 2.59. The monoisotopic (exact) mass is 302 g/mol. The highest BCUT2D eigenvalue weighted by molar-refractivity contribution is 6.31. The molecule has 0 bridgehead atoms. The summed E-state index contributed by atoms with van der Waals surface area (Å²) in [6, 6.07) is -0.142. The van der Waals surface area contributed by atoms with E-state index in [9.17, 15) is 14.4 Å². The van der Waals surface area contributed by atoms with Crippen LogP contribution in [0.15, 0.2) is 12.3 Å². The predicted molar refractivity (Wildman–Crippen MR) is 71.0 cm³/mol. The maximum Gasteiger partial charge on any atom is 0.326 e. The Morgan fingerprint density at radius 2 is 1.95 bits per heavy atom. The van der Waals surface area contributed by atoms with Gasteiger partial charge in [0, 0.05) is 12.2 Å². The zero-order valence-electron chi connectivity index (χ0n) is 11.0. The summed E-state index contributed by atoms with van der Waals surface area (Å²) in [7, 11) is 0. The van der Waals surface area contributed by atoms with Crippen molar-refractivity contribution in [3.05, 3.63) is 23.0 Å². The third kappa shape index (κ3) is 3.99. The zero-order valence-corrected chi connectivity index (χ0v) is 11.7. The van der Waals surface area contributed by atoms with Gasteiger partial charge >= 0.3 is 11.9 Å². The standard InChI is InChI=1S/C12H15ClN2O5/c1-6(2)15-5-7(13)3-9(15)11(18)14-8(12(19)20)4-10(16)17/h3,5-6,8H,4H2,1-2H3,(H,14,18)(H,16,17)(H,19,20)/t8-/m1/s1. The number of carbonyl (C=O) groups is 3. The van der Waals surface area contributed by atoms with Gasteiger partial charge in [-0.1, -0.05) is 11.6 Å². The SMILES string of the molecule is CC(C)n1cc(Cl)cc1C(=O)N[C@H](CC(=O)O)C(=O)O. The van der Waals surface area contributed by atoms with Gasteiger partial charge < -0.3 is 20.1 Å². The maximum absolute atomic E-state index is 12.0. The minimum absolute atomic E-state index is 0.0500. The van der Waals surface area contributed by atoms with Crippen LogP contribution in [0.1, 0.15) is 36.8 Å². The lowest BCUT2D eigenvalue weighted by atomic mass is 10.2. The minimum atomic E-state index is -1.49. The van der Waals surface area contributed by atoms with Crippen LogP contribution in [0.5, 0.6) is 0 Å². The van der Waals surface area contributed by atoms with Crippen molar-refractivity contribution in [3.8, 4) is 0 Å². The molecule has 1 rings (SSSR count). The van der Waals surface area contributed by atoms with Crippen LogP contribution in [0.2, 0.25) is 5.02 Å². The van der Waals surface area contributed by atoms with Gasteiger partial charge in [0.2, 0.25) is 0 Å². The molecule has 0 aromatic carbocycles. The summed E-state index contributed by atoms with van der Waals surface area (Å²) in [5, 5.41) is 20.0. The van der Waals surface area contributed by atoms with E-state index in [1.807, 2.05) is 13.8 Å². The van der Waals surface area contributed by atoms with Crippen molar-refractivity contribution in [2.75, 3.05) is 0 Å². The van der Waals surface area contributed by atoms with Crippen molar-refractivity contribution in [3.63, 3.8) is 0 Å². The number of nitrogens with one attached hydrogen (secondary N) is 1. The molecule has 0 unspecified atom stereocenters. The average molecular weight is 303 g/mol. The number of carboxylic acid groups (broad SMARTS) is 2. The van der Waals surface area contributed by atoms with Gasteiger partial charge in [-0.15, -0.1) is 0 Å². The Bertz CT molecular complexity index is 538. The summed E-state index contributed by atoms with van der Waals surface area (Å²) >= 11 is 5.83. The Morgan fingerprint density at radius 3 is 2.40 bits per heavy atom. The van der Waals surface area contributed by atoms with Crippen LogP contribution < -0.4 is 5.32 Å². The van der Waals surface area contributed by atoms with E-state index in [4.69, 9.17) is 21.8 Å². The summed E-state index contributed by atoms with van der Waals surface area (Å²) < 4.78 is 1.58. The molecule has 20 heavy (non-hydrogen) atoms. The molecule has 0 saturated heterocycles. The molecule has 1 heterocycles. The van der Waals surface area contributed by atoms with Crippen molar-refractivity contribution >= 4 is 29.4 Å². The predicted octanol–water partition coefficient (Wildman–Crippen LogP) is 1.38. The normalized spacial score (nSPS) is 12.2. The first-order valence-corrected chi connectivity index (χ1v) is 6.23. The molecule has 1 aromatic heterocycles. The molecule has 0 aliphatic carbocycles. The Kier molecular flexibility index (Phi) is 5.15. The van der Waals surface area contributed by atoms with Gasteiger partial charge in [-0.25, -0.2) is 4.79 Å². The summed E-state index contributed by atoms with van der Waals surface area (Å²) in [5.41, 5.74) is 0.182. The number of amides is 1. The molecule has 0 saturated carbocycles. The van der Waals surface area contributed by atoms with Crippen molar-refractivity contribution < 1.29 is 24.6 Å². The number of carboxylic acids is 2. The Morgan fingerprint density at radius 1 is 1.35 bits per heavy atom. The minimum Gasteiger partial charge on any atom is -0.481 e. The second-order valence-electron chi connectivity index (χ2n) is 4.51. The van der Waals surface area contributed by atoms with E-state index in [1.165, 1.54) is 6.07 Å². The second-order valence-corrected chi connectivity index (χ2v) is 4.94. The van der Waals surface area contributed by atoms with Gasteiger partial charge in [-0.2, -0.15) is 0 Å². The van der Waals surface area contributed by atoms with Crippen molar-refractivity contribution in [2.45, 2.75) is 32.4 Å². The average Bonchev–Trinajstić information content (AvgIpc) is 2.69. The molecular weight excluding hydrogens is 288 g/mol. The van der Waals surface area contributed by atoms with Crippen LogP contribution >= 0.6 is 11.6 Å². The van der Waals surface area contributed by atoms with Crippen molar-refractivity contribution in [2.24, 2.45) is 0 Å². The van der Waals surface area contributed by atoms with Gasteiger partial charge in [0.1, 0.15) is 11.7 Å². The number of carbonyl (C=O) groups excluding carboxylic acids is 1. The van der Waals surface area contributed by atoms with Gasteiger partial charge in [-0.3, -0.25) is 9.59 Å². The number of aromatic nitrogens is 1. The van der Waals surface area contributed by atoms with Crippen LogP contribution in [-0.2, 0) is 9.59 Å². The maximum atomic E-state index is 12.0. The topological polar surface area (TPSA) is 109 Å². The summed E-state index contributed by atoms with van der Waals surface area (Å²) in [4.78, 5) is 33.5. The van der Waals surface area contributed by atoms with Gasteiger partial charge in [-0.05, 0) is 19.9 Å². The molecule has 0 aliphatic heterocycles. The summed E-state index contributed by atoms with van der Waals surface area (Å²) in [6.45, 7) is 3.66. The number of rotatable bonds is 6. The molecule has 1 amide bonds. The molecule has 0 fully saturated rings. The molecule has 3 N–H and O–H groups in total. The van der Waals surface area contributed by atoms with Gasteiger partial charge in [0.25, 0.3) is 5.91 Å². The Hall–Kier alpha value is -2.02. The van der Waals surface area contributed by atoms with E-state index in [2.05, 4.69) is 5.32 Å². The molecule has 8 heteroatoms. The molecule has 0 spiro atoms. The second kappa shape index (κ2) is 6.42. The van der Waals surface area contributed by atoms with Gasteiger partial charge in [0.15, 0.2) is 0 Å². The lowest BCUT2D eigenvalue weighted by molar-refractivity contribution is -0.145. The van der Waals surface area contributed by atoms with Crippen LogP contribution in [0.3, 0.4) is 0 Å². The molecule has 1 atom stereocenters. The first kappa shape index (κ1) is 16.0. The smallest absolute Gasteiger partial charge is 0.326 e. The number of nitrogens with zero attached hydrogens (tertiary/aromatic N) is 1. The first-order chi connectivity index (χ1) is 9.22. The van der Waals surface area contributed by atoms with Crippen LogP contribution in [-0.4, -0.2) is 38.7 Å². The molecule has 110 valence electrons. The largest absolute Gasteiger partial charge is 0.481 e. The summed E-state index contributed by atoms with van der Waals surface area (Å²) in [6.07, 6.45) is 0.852. The Labute approximate surface area is 120 Å². The zero-order chi connectivity index (χ0) is 15.4. The van der Waals surface area contributed by atoms with E-state index in [-0.39, 0.29) is 11.7 Å².